The van der Waals surface area contributed by atoms with Crippen LogP contribution in [0.2, 0.25) is 0 Å². The summed E-state index contributed by atoms with van der Waals surface area (Å²) in [6.07, 6.45) is 2.85. The number of aromatic nitrogens is 2. The maximum Gasteiger partial charge on any atom is 0.240 e. The quantitative estimate of drug-likeness (QED) is 0.897. The molecule has 20 heavy (non-hydrogen) atoms. The van der Waals surface area contributed by atoms with Gasteiger partial charge in [-0.05, 0) is 24.9 Å². The van der Waals surface area contributed by atoms with Gasteiger partial charge < -0.3 is 9.63 Å². The summed E-state index contributed by atoms with van der Waals surface area (Å²) in [6.45, 7) is 1.82. The van der Waals surface area contributed by atoms with Gasteiger partial charge in [0, 0.05) is 12.5 Å². The number of aliphatic hydroxyl groups is 1. The van der Waals surface area contributed by atoms with E-state index >= 15 is 0 Å². The summed E-state index contributed by atoms with van der Waals surface area (Å²) in [4.78, 5) is 6.64. The van der Waals surface area contributed by atoms with Crippen LogP contribution in [0.25, 0.3) is 0 Å². The van der Waals surface area contributed by atoms with Crippen LogP contribution >= 0.6 is 0 Å². The molecular formula is C15H19N3O2. The van der Waals surface area contributed by atoms with Crippen molar-refractivity contribution in [3.63, 3.8) is 0 Å². The molecule has 1 aliphatic heterocycles. The summed E-state index contributed by atoms with van der Waals surface area (Å²) in [5.41, 5.74) is 1.18. The molecule has 1 saturated heterocycles. The first-order valence-corrected chi connectivity index (χ1v) is 7.05. The van der Waals surface area contributed by atoms with Gasteiger partial charge in [-0.3, -0.25) is 4.90 Å². The summed E-state index contributed by atoms with van der Waals surface area (Å²) < 4.78 is 5.31. The Balaban J connectivity index is 1.62. The maximum absolute atomic E-state index is 9.31. The van der Waals surface area contributed by atoms with Gasteiger partial charge in [0.25, 0.3) is 0 Å². The molecule has 2 aromatic rings. The van der Waals surface area contributed by atoms with Crippen molar-refractivity contribution < 1.29 is 9.63 Å². The van der Waals surface area contributed by atoms with Crippen LogP contribution < -0.4 is 0 Å². The molecule has 3 rings (SSSR count). The second-order valence-corrected chi connectivity index (χ2v) is 5.22. The van der Waals surface area contributed by atoms with E-state index < -0.39 is 0 Å². The SMILES string of the molecule is OCC1CCCN1Cc1nc(Cc2ccccc2)no1. The van der Waals surface area contributed by atoms with Crippen molar-refractivity contribution in [1.82, 2.24) is 15.0 Å². The highest BCUT2D eigenvalue weighted by molar-refractivity contribution is 5.18. The highest BCUT2D eigenvalue weighted by Crippen LogP contribution is 2.19. The van der Waals surface area contributed by atoms with Crippen LogP contribution in [0.1, 0.15) is 30.1 Å². The third-order valence-corrected chi connectivity index (χ3v) is 3.76. The molecule has 1 aromatic carbocycles. The summed E-state index contributed by atoms with van der Waals surface area (Å²) in [7, 11) is 0. The number of aliphatic hydroxyl groups excluding tert-OH is 1. The predicted octanol–water partition coefficient (Wildman–Crippen LogP) is 1.62. The lowest BCUT2D eigenvalue weighted by Gasteiger charge is -2.20. The zero-order chi connectivity index (χ0) is 13.8. The molecule has 0 amide bonds. The largest absolute Gasteiger partial charge is 0.395 e. The van der Waals surface area contributed by atoms with Crippen LogP contribution in [-0.4, -0.2) is 39.3 Å². The molecular weight excluding hydrogens is 254 g/mol. The van der Waals surface area contributed by atoms with Crippen LogP contribution in [0.5, 0.6) is 0 Å². The Bertz CT molecular complexity index is 541. The van der Waals surface area contributed by atoms with E-state index in [0.717, 1.165) is 19.4 Å². The lowest BCUT2D eigenvalue weighted by Crippen LogP contribution is -2.31. The molecule has 5 nitrogen and oxygen atoms in total. The molecule has 1 aromatic heterocycles. The third kappa shape index (κ3) is 3.05. The van der Waals surface area contributed by atoms with E-state index in [9.17, 15) is 5.11 Å². The van der Waals surface area contributed by atoms with Gasteiger partial charge in [-0.25, -0.2) is 0 Å². The van der Waals surface area contributed by atoms with E-state index in [2.05, 4.69) is 27.2 Å². The average Bonchev–Trinajstić information content (AvgIpc) is 3.10. The lowest BCUT2D eigenvalue weighted by molar-refractivity contribution is 0.141. The minimum atomic E-state index is 0.199. The van der Waals surface area contributed by atoms with Gasteiger partial charge in [-0.15, -0.1) is 0 Å². The Morgan fingerprint density at radius 3 is 2.95 bits per heavy atom. The van der Waals surface area contributed by atoms with Gasteiger partial charge in [-0.1, -0.05) is 35.5 Å². The van der Waals surface area contributed by atoms with Gasteiger partial charge in [0.05, 0.1) is 13.2 Å². The molecule has 0 spiro atoms. The van der Waals surface area contributed by atoms with Crippen molar-refractivity contribution in [3.05, 3.63) is 47.6 Å². The van der Waals surface area contributed by atoms with E-state index in [4.69, 9.17) is 4.52 Å². The summed E-state index contributed by atoms with van der Waals surface area (Å²) in [6, 6.07) is 10.3. The molecule has 0 aliphatic carbocycles. The smallest absolute Gasteiger partial charge is 0.240 e. The highest BCUT2D eigenvalue weighted by atomic mass is 16.5. The molecule has 1 atom stereocenters. The molecule has 5 heteroatoms. The number of hydrogen-bond donors (Lipinski definition) is 1. The van der Waals surface area contributed by atoms with Gasteiger partial charge in [0.2, 0.25) is 5.89 Å². The van der Waals surface area contributed by atoms with E-state index in [1.54, 1.807) is 0 Å². The molecule has 1 fully saturated rings. The standard InChI is InChI=1S/C15H19N3O2/c19-11-13-7-4-8-18(13)10-15-16-14(17-20-15)9-12-5-2-1-3-6-12/h1-3,5-6,13,19H,4,7-11H2. The minimum absolute atomic E-state index is 0.199. The Hall–Kier alpha value is -1.72. The van der Waals surface area contributed by atoms with Crippen LogP contribution in [0.3, 0.4) is 0 Å². The molecule has 106 valence electrons. The first kappa shape index (κ1) is 13.3. The zero-order valence-corrected chi connectivity index (χ0v) is 11.4. The highest BCUT2D eigenvalue weighted by Gasteiger charge is 2.25. The summed E-state index contributed by atoms with van der Waals surface area (Å²) in [5.74, 6) is 1.35. The second-order valence-electron chi connectivity index (χ2n) is 5.22. The number of likely N-dealkylation sites (tertiary alicyclic amines) is 1. The monoisotopic (exact) mass is 273 g/mol. The van der Waals surface area contributed by atoms with Crippen LogP contribution in [0.4, 0.5) is 0 Å². The van der Waals surface area contributed by atoms with Crippen molar-refractivity contribution in [1.29, 1.82) is 0 Å². The van der Waals surface area contributed by atoms with E-state index in [-0.39, 0.29) is 12.6 Å². The van der Waals surface area contributed by atoms with Gasteiger partial charge >= 0.3 is 0 Å². The van der Waals surface area contributed by atoms with E-state index in [1.165, 1.54) is 5.56 Å². The number of hydrogen-bond acceptors (Lipinski definition) is 5. The van der Waals surface area contributed by atoms with Gasteiger partial charge in [0.1, 0.15) is 0 Å². The Morgan fingerprint density at radius 1 is 1.30 bits per heavy atom. The summed E-state index contributed by atoms with van der Waals surface area (Å²) in [5, 5.41) is 13.3. The number of rotatable bonds is 5. The van der Waals surface area contributed by atoms with Crippen molar-refractivity contribution in [3.8, 4) is 0 Å². The molecule has 2 heterocycles. The first-order valence-electron chi connectivity index (χ1n) is 7.05. The average molecular weight is 273 g/mol. The molecule has 1 unspecified atom stereocenters. The fraction of sp³-hybridized carbons (Fsp3) is 0.467. The third-order valence-electron chi connectivity index (χ3n) is 3.76. The maximum atomic E-state index is 9.31. The van der Waals surface area contributed by atoms with E-state index in [0.29, 0.717) is 24.7 Å². The van der Waals surface area contributed by atoms with Gasteiger partial charge in [-0.2, -0.15) is 4.98 Å². The number of nitrogens with zero attached hydrogens (tertiary/aromatic N) is 3. The van der Waals surface area contributed by atoms with Crippen molar-refractivity contribution in [2.24, 2.45) is 0 Å². The Kier molecular flexibility index (Phi) is 4.08. The lowest BCUT2D eigenvalue weighted by atomic mass is 10.1. The van der Waals surface area contributed by atoms with Crippen LogP contribution in [0.15, 0.2) is 34.9 Å². The molecule has 0 radical (unpaired) electrons. The normalized spacial score (nSPS) is 19.6. The van der Waals surface area contributed by atoms with Crippen LogP contribution in [-0.2, 0) is 13.0 Å². The fourth-order valence-electron chi connectivity index (χ4n) is 2.69. The summed E-state index contributed by atoms with van der Waals surface area (Å²) >= 11 is 0. The first-order chi connectivity index (χ1) is 9.85. The van der Waals surface area contributed by atoms with Crippen molar-refractivity contribution >= 4 is 0 Å². The number of benzene rings is 1. The van der Waals surface area contributed by atoms with Crippen molar-refractivity contribution in [2.45, 2.75) is 31.8 Å². The van der Waals surface area contributed by atoms with Crippen molar-refractivity contribution in [2.75, 3.05) is 13.2 Å². The molecule has 0 bridgehead atoms. The Labute approximate surface area is 118 Å². The van der Waals surface area contributed by atoms with Gasteiger partial charge in [0.15, 0.2) is 5.82 Å². The molecule has 1 N–H and O–H groups in total. The molecule has 0 saturated carbocycles. The Morgan fingerprint density at radius 2 is 2.15 bits per heavy atom. The molecule has 1 aliphatic rings. The van der Waals surface area contributed by atoms with E-state index in [1.807, 2.05) is 18.2 Å². The van der Waals surface area contributed by atoms with Crippen LogP contribution in [0, 0.1) is 0 Å². The minimum Gasteiger partial charge on any atom is -0.395 e. The predicted molar refractivity (Wildman–Crippen MR) is 74.1 cm³/mol. The second kappa shape index (κ2) is 6.15. The fourth-order valence-corrected chi connectivity index (χ4v) is 2.69. The topological polar surface area (TPSA) is 62.4 Å². The zero-order valence-electron chi connectivity index (χ0n) is 11.4.